The van der Waals surface area contributed by atoms with Gasteiger partial charge in [0.2, 0.25) is 0 Å². The summed E-state index contributed by atoms with van der Waals surface area (Å²) in [4.78, 5) is 14.3. The molecule has 0 atom stereocenters. The second kappa shape index (κ2) is 8.97. The number of carbonyl (C=O) groups is 1. The third-order valence-corrected chi connectivity index (χ3v) is 6.02. The summed E-state index contributed by atoms with van der Waals surface area (Å²) in [7, 11) is 0. The Hall–Kier alpha value is -3.61. The summed E-state index contributed by atoms with van der Waals surface area (Å²) in [5.41, 5.74) is 4.71. The van der Waals surface area contributed by atoms with Gasteiger partial charge in [0.1, 0.15) is 16.8 Å². The van der Waals surface area contributed by atoms with E-state index in [-0.39, 0.29) is 11.7 Å². The average molecular weight is 491 g/mol. The Kier molecular flexibility index (Phi) is 5.86. The number of carbonyl (C=O) groups excluding carboxylic acids is 1. The van der Waals surface area contributed by atoms with Crippen molar-refractivity contribution in [3.63, 3.8) is 0 Å². The van der Waals surface area contributed by atoms with Crippen molar-refractivity contribution in [1.29, 1.82) is 0 Å². The summed E-state index contributed by atoms with van der Waals surface area (Å²) in [5.74, 6) is 0.678. The number of fused-ring (bicyclic) bond motifs is 1. The van der Waals surface area contributed by atoms with Crippen LogP contribution in [0.3, 0.4) is 0 Å². The summed E-state index contributed by atoms with van der Waals surface area (Å²) in [6.07, 6.45) is 0. The van der Waals surface area contributed by atoms with Crippen LogP contribution in [0.4, 0.5) is 5.69 Å². The van der Waals surface area contributed by atoms with Gasteiger partial charge in [-0.2, -0.15) is 4.80 Å². The van der Waals surface area contributed by atoms with Crippen LogP contribution in [0.2, 0.25) is 10.0 Å². The summed E-state index contributed by atoms with van der Waals surface area (Å²) in [6, 6.07) is 21.9. The van der Waals surface area contributed by atoms with E-state index in [1.54, 1.807) is 47.3 Å². The van der Waals surface area contributed by atoms with Crippen LogP contribution in [0, 0.1) is 0 Å². The number of anilines is 1. The first-order valence-electron chi connectivity index (χ1n) is 10.7. The van der Waals surface area contributed by atoms with Gasteiger partial charge < -0.3 is 9.73 Å². The molecule has 0 aliphatic rings. The molecule has 0 bridgehead atoms. The largest absolute Gasteiger partial charge is 0.451 e. The smallest absolute Gasteiger partial charge is 0.291 e. The van der Waals surface area contributed by atoms with E-state index in [0.717, 1.165) is 11.2 Å². The molecule has 6 nitrogen and oxygen atoms in total. The highest BCUT2D eigenvalue weighted by Crippen LogP contribution is 2.32. The number of nitrogens with one attached hydrogen (secondary N) is 1. The number of hydrogen-bond donors (Lipinski definition) is 1. The third kappa shape index (κ3) is 4.42. The van der Waals surface area contributed by atoms with Crippen LogP contribution in [-0.4, -0.2) is 20.9 Å². The lowest BCUT2D eigenvalue weighted by atomic mass is 10.0. The molecule has 2 aromatic heterocycles. The maximum absolute atomic E-state index is 12.8. The minimum absolute atomic E-state index is 0.153. The molecule has 2 heterocycles. The van der Waals surface area contributed by atoms with Crippen LogP contribution >= 0.6 is 23.2 Å². The van der Waals surface area contributed by atoms with Gasteiger partial charge in [0.15, 0.2) is 5.76 Å². The van der Waals surface area contributed by atoms with Crippen molar-refractivity contribution >= 4 is 45.8 Å². The first kappa shape index (κ1) is 22.2. The highest BCUT2D eigenvalue weighted by molar-refractivity contribution is 6.35. The topological polar surface area (TPSA) is 73.0 Å². The molecule has 0 saturated carbocycles. The van der Waals surface area contributed by atoms with Gasteiger partial charge in [0.25, 0.3) is 5.91 Å². The molecule has 0 spiro atoms. The highest BCUT2D eigenvalue weighted by Gasteiger charge is 2.15. The van der Waals surface area contributed by atoms with E-state index in [4.69, 9.17) is 27.6 Å². The molecule has 0 radical (unpaired) electrons. The second-order valence-corrected chi connectivity index (χ2v) is 9.02. The Morgan fingerprint density at radius 2 is 1.68 bits per heavy atom. The molecule has 8 heteroatoms. The molecule has 0 aliphatic carbocycles. The number of furan rings is 1. The molecule has 1 N–H and O–H groups in total. The molecule has 34 heavy (non-hydrogen) atoms. The minimum atomic E-state index is -0.389. The van der Waals surface area contributed by atoms with E-state index < -0.39 is 0 Å². The van der Waals surface area contributed by atoms with Gasteiger partial charge in [-0.3, -0.25) is 4.79 Å². The Morgan fingerprint density at radius 3 is 2.44 bits per heavy atom. The molecule has 3 aromatic carbocycles. The van der Waals surface area contributed by atoms with Gasteiger partial charge in [-0.1, -0.05) is 49.2 Å². The van der Waals surface area contributed by atoms with Crippen molar-refractivity contribution < 1.29 is 9.21 Å². The van der Waals surface area contributed by atoms with Crippen LogP contribution in [-0.2, 0) is 0 Å². The summed E-state index contributed by atoms with van der Waals surface area (Å²) < 4.78 is 5.73. The van der Waals surface area contributed by atoms with E-state index in [0.29, 0.717) is 38.5 Å². The van der Waals surface area contributed by atoms with Crippen LogP contribution < -0.4 is 5.32 Å². The van der Waals surface area contributed by atoms with Crippen LogP contribution in [0.1, 0.15) is 35.9 Å². The zero-order chi connectivity index (χ0) is 23.8. The van der Waals surface area contributed by atoms with Crippen molar-refractivity contribution in [3.05, 3.63) is 94.2 Å². The third-order valence-electron chi connectivity index (χ3n) is 5.45. The Morgan fingerprint density at radius 1 is 0.912 bits per heavy atom. The molecule has 0 unspecified atom stereocenters. The maximum atomic E-state index is 12.8. The van der Waals surface area contributed by atoms with Crippen LogP contribution in [0.5, 0.6) is 0 Å². The monoisotopic (exact) mass is 490 g/mol. The van der Waals surface area contributed by atoms with E-state index in [1.165, 1.54) is 5.56 Å². The second-order valence-electron chi connectivity index (χ2n) is 8.18. The predicted octanol–water partition coefficient (Wildman–Crippen LogP) is 7.36. The molecule has 1 amide bonds. The Balaban J connectivity index is 1.35. The van der Waals surface area contributed by atoms with Crippen molar-refractivity contribution in [2.75, 3.05) is 5.32 Å². The van der Waals surface area contributed by atoms with E-state index >= 15 is 0 Å². The molecular formula is C26H20Cl2N4O2. The fourth-order valence-corrected chi connectivity index (χ4v) is 3.97. The summed E-state index contributed by atoms with van der Waals surface area (Å²) in [5, 5.41) is 13.0. The molecule has 5 rings (SSSR count). The predicted molar refractivity (Wildman–Crippen MR) is 135 cm³/mol. The zero-order valence-electron chi connectivity index (χ0n) is 18.4. The van der Waals surface area contributed by atoms with Gasteiger partial charge in [0.05, 0.1) is 10.7 Å². The lowest BCUT2D eigenvalue weighted by molar-refractivity contribution is 0.0997. The van der Waals surface area contributed by atoms with Gasteiger partial charge >= 0.3 is 0 Å². The summed E-state index contributed by atoms with van der Waals surface area (Å²) in [6.45, 7) is 4.31. The van der Waals surface area contributed by atoms with Gasteiger partial charge in [-0.25, -0.2) is 0 Å². The van der Waals surface area contributed by atoms with Crippen LogP contribution in [0.25, 0.3) is 28.0 Å². The van der Waals surface area contributed by atoms with Gasteiger partial charge in [-0.15, -0.1) is 10.2 Å². The van der Waals surface area contributed by atoms with Crippen molar-refractivity contribution in [1.82, 2.24) is 15.0 Å². The number of halogens is 2. The highest BCUT2D eigenvalue weighted by atomic mass is 35.5. The average Bonchev–Trinajstić information content (AvgIpc) is 3.48. The molecule has 5 aromatic rings. The van der Waals surface area contributed by atoms with Gasteiger partial charge in [0, 0.05) is 16.3 Å². The lowest BCUT2D eigenvalue weighted by Crippen LogP contribution is -2.10. The molecule has 170 valence electrons. The molecule has 0 saturated heterocycles. The fourth-order valence-electron chi connectivity index (χ4n) is 3.58. The fraction of sp³-hybridized carbons (Fsp3) is 0.115. The molecule has 0 fully saturated rings. The minimum Gasteiger partial charge on any atom is -0.451 e. The van der Waals surface area contributed by atoms with Crippen molar-refractivity contribution in [2.24, 2.45) is 0 Å². The number of aromatic nitrogens is 3. The Labute approximate surface area is 206 Å². The normalized spacial score (nSPS) is 11.3. The zero-order valence-corrected chi connectivity index (χ0v) is 19.9. The number of benzene rings is 3. The lowest BCUT2D eigenvalue weighted by Gasteiger charge is -2.05. The first-order chi connectivity index (χ1) is 16.4. The maximum Gasteiger partial charge on any atom is 0.291 e. The molecular weight excluding hydrogens is 471 g/mol. The SMILES string of the molecule is CC(C)c1ccc(-n2nc3ccc(NC(=O)c4ccc(-c5cc(Cl)ccc5Cl)o4)cc3n2)cc1. The van der Waals surface area contributed by atoms with Crippen LogP contribution in [0.15, 0.2) is 77.2 Å². The standard InChI is InChI=1S/C26H20Cl2N4O2/c1-15(2)16-3-7-19(8-4-16)32-30-22-10-6-18(14-23(22)31-32)29-26(33)25-12-11-24(34-25)20-13-17(27)5-9-21(20)28/h3-15H,1-2H3,(H,29,33). The van der Waals surface area contributed by atoms with E-state index in [1.807, 2.05) is 18.2 Å². The first-order valence-corrected chi connectivity index (χ1v) is 11.5. The molecule has 0 aliphatic heterocycles. The van der Waals surface area contributed by atoms with Crippen molar-refractivity contribution in [2.45, 2.75) is 19.8 Å². The Bertz CT molecular complexity index is 1500. The van der Waals surface area contributed by atoms with E-state index in [9.17, 15) is 4.79 Å². The number of rotatable bonds is 5. The van der Waals surface area contributed by atoms with E-state index in [2.05, 4.69) is 41.5 Å². The van der Waals surface area contributed by atoms with Gasteiger partial charge in [-0.05, 0) is 72.1 Å². The summed E-state index contributed by atoms with van der Waals surface area (Å²) >= 11 is 12.3. The number of nitrogens with zero attached hydrogens (tertiary/aromatic N) is 3. The number of amides is 1. The van der Waals surface area contributed by atoms with Crippen molar-refractivity contribution in [3.8, 4) is 17.0 Å². The number of hydrogen-bond acceptors (Lipinski definition) is 4. The quantitative estimate of drug-likeness (QED) is 0.279.